The van der Waals surface area contributed by atoms with Crippen molar-refractivity contribution in [1.82, 2.24) is 19.7 Å². The number of ether oxygens (including phenoxy) is 1. The molecule has 1 aromatic heterocycles. The Bertz CT molecular complexity index is 1440. The van der Waals surface area contributed by atoms with Crippen LogP contribution in [0, 0.1) is 0 Å². The summed E-state index contributed by atoms with van der Waals surface area (Å²) in [5.74, 6) is -0.691. The molecule has 206 valence electrons. The minimum Gasteiger partial charge on any atom is -0.442 e. The van der Waals surface area contributed by atoms with Crippen LogP contribution in [-0.4, -0.2) is 62.0 Å². The molecule has 0 bridgehead atoms. The summed E-state index contributed by atoms with van der Waals surface area (Å²) < 4.78 is 21.7. The van der Waals surface area contributed by atoms with Crippen molar-refractivity contribution < 1.29 is 28.4 Å². The van der Waals surface area contributed by atoms with Gasteiger partial charge in [0.1, 0.15) is 17.5 Å². The number of para-hydroxylation sites is 1. The Kier molecular flexibility index (Phi) is 7.68. The Balaban J connectivity index is 1.63. The molecule has 1 aliphatic heterocycles. The molecular formula is C26H28ClFN6O5. The molecule has 3 aromatic rings. The maximum absolute atomic E-state index is 15.2. The van der Waals surface area contributed by atoms with Crippen LogP contribution in [0.15, 0.2) is 54.6 Å². The molecule has 3 N–H and O–H groups in total. The number of aromatic nitrogens is 1. The average Bonchev–Trinajstić information content (AvgIpc) is 3.44. The Morgan fingerprint density at radius 1 is 1.13 bits per heavy atom. The van der Waals surface area contributed by atoms with Gasteiger partial charge in [0.15, 0.2) is 0 Å². The zero-order valence-electron chi connectivity index (χ0n) is 21.6. The lowest BCUT2D eigenvalue weighted by atomic mass is 10.2. The molecule has 0 radical (unpaired) electrons. The van der Waals surface area contributed by atoms with Gasteiger partial charge >= 0.3 is 18.2 Å². The van der Waals surface area contributed by atoms with Crippen LogP contribution in [0.1, 0.15) is 32.8 Å². The van der Waals surface area contributed by atoms with Crippen LogP contribution in [0.4, 0.5) is 24.7 Å². The van der Waals surface area contributed by atoms with Gasteiger partial charge in [0.05, 0.1) is 12.1 Å². The van der Waals surface area contributed by atoms with Crippen LogP contribution < -0.4 is 11.1 Å². The smallest absolute Gasteiger partial charge is 0.429 e. The van der Waals surface area contributed by atoms with Gasteiger partial charge in [-0.25, -0.2) is 29.0 Å². The number of nitrogens with zero attached hydrogens (tertiary/aromatic N) is 4. The lowest BCUT2D eigenvalue weighted by Gasteiger charge is -2.33. The molecule has 1 aliphatic rings. The lowest BCUT2D eigenvalue weighted by Crippen LogP contribution is -2.55. The molecule has 1 atom stereocenters. The lowest BCUT2D eigenvalue weighted by molar-refractivity contribution is -0.123. The standard InChI is InChI=1S/C26H28ClFN6O5/c1-26(2,3)39-25(38)32-12-11-20(34(32)24(37)31(28)15-16-7-6-9-18(27)13-16)22(35)30-21-14-17-8-4-5-10-19(17)33(21)23(29)36/h4-10,13-14,20H,11-12,15H2,1-3H3,(H2,29,36)(H,30,35)/t20-/m0/s1. The van der Waals surface area contributed by atoms with Crippen LogP contribution >= 0.6 is 11.6 Å². The highest BCUT2D eigenvalue weighted by molar-refractivity contribution is 6.30. The van der Waals surface area contributed by atoms with Crippen LogP contribution in [-0.2, 0) is 16.1 Å². The molecule has 0 saturated carbocycles. The number of hydrogen-bond acceptors (Lipinski definition) is 5. The van der Waals surface area contributed by atoms with Gasteiger partial charge in [-0.05, 0) is 57.0 Å². The number of halogens is 2. The number of primary amides is 1. The van der Waals surface area contributed by atoms with E-state index in [1.165, 1.54) is 6.07 Å². The molecule has 2 heterocycles. The molecule has 4 rings (SSSR count). The average molecular weight is 559 g/mol. The predicted molar refractivity (Wildman–Crippen MR) is 142 cm³/mol. The molecule has 0 aliphatic carbocycles. The zero-order chi connectivity index (χ0) is 28.5. The van der Waals surface area contributed by atoms with E-state index in [9.17, 15) is 19.2 Å². The fourth-order valence-corrected chi connectivity index (χ4v) is 4.50. The second-order valence-corrected chi connectivity index (χ2v) is 10.4. The highest BCUT2D eigenvalue weighted by Gasteiger charge is 2.46. The molecule has 11 nitrogen and oxygen atoms in total. The summed E-state index contributed by atoms with van der Waals surface area (Å²) in [6.45, 7) is 4.34. The number of nitrogens with two attached hydrogens (primary N) is 1. The molecule has 39 heavy (non-hydrogen) atoms. The SMILES string of the molecule is CC(C)(C)OC(=O)N1CC[C@@H](C(=O)Nc2cc3ccccc3n2C(N)=O)N1C(=O)N(F)Cc1cccc(Cl)c1. The third-order valence-electron chi connectivity index (χ3n) is 5.87. The van der Waals surface area contributed by atoms with Crippen LogP contribution in [0.25, 0.3) is 10.9 Å². The van der Waals surface area contributed by atoms with E-state index in [1.54, 1.807) is 69.3 Å². The maximum Gasteiger partial charge on any atom is 0.429 e. The highest BCUT2D eigenvalue weighted by Crippen LogP contribution is 2.28. The van der Waals surface area contributed by atoms with Gasteiger partial charge in [-0.2, -0.15) is 5.12 Å². The fraction of sp³-hybridized carbons (Fsp3) is 0.308. The van der Waals surface area contributed by atoms with Gasteiger partial charge in [0.2, 0.25) is 0 Å². The fourth-order valence-electron chi connectivity index (χ4n) is 4.28. The highest BCUT2D eigenvalue weighted by atomic mass is 35.5. The molecule has 13 heteroatoms. The zero-order valence-corrected chi connectivity index (χ0v) is 22.3. The summed E-state index contributed by atoms with van der Waals surface area (Å²) in [5, 5.41) is 5.10. The number of hydrazine groups is 1. The van der Waals surface area contributed by atoms with E-state index in [-0.39, 0.29) is 23.9 Å². The first-order valence-electron chi connectivity index (χ1n) is 12.1. The predicted octanol–water partition coefficient (Wildman–Crippen LogP) is 4.89. The van der Waals surface area contributed by atoms with Crippen molar-refractivity contribution in [3.63, 3.8) is 0 Å². The first-order chi connectivity index (χ1) is 18.4. The summed E-state index contributed by atoms with van der Waals surface area (Å²) in [4.78, 5) is 51.9. The molecule has 0 unspecified atom stereocenters. The summed E-state index contributed by atoms with van der Waals surface area (Å²) >= 11 is 5.97. The van der Waals surface area contributed by atoms with Crippen molar-refractivity contribution in [3.05, 3.63) is 65.2 Å². The quantitative estimate of drug-likeness (QED) is 0.440. The van der Waals surface area contributed by atoms with E-state index in [0.717, 1.165) is 14.6 Å². The number of nitrogens with one attached hydrogen (secondary N) is 1. The Morgan fingerprint density at radius 2 is 1.85 bits per heavy atom. The van der Waals surface area contributed by atoms with Crippen molar-refractivity contribution in [2.24, 2.45) is 5.73 Å². The second-order valence-electron chi connectivity index (χ2n) is 9.94. The normalized spacial score (nSPS) is 15.4. The van der Waals surface area contributed by atoms with E-state index in [0.29, 0.717) is 21.5 Å². The Labute approximate surface area is 228 Å². The van der Waals surface area contributed by atoms with Crippen LogP contribution in [0.5, 0.6) is 0 Å². The largest absolute Gasteiger partial charge is 0.442 e. The Hall–Kier alpha value is -4.32. The molecular weight excluding hydrogens is 531 g/mol. The summed E-state index contributed by atoms with van der Waals surface area (Å²) in [5.41, 5.74) is 5.50. The van der Waals surface area contributed by atoms with Gasteiger partial charge in [-0.3, -0.25) is 4.79 Å². The molecule has 1 saturated heterocycles. The van der Waals surface area contributed by atoms with Gasteiger partial charge in [-0.1, -0.05) is 46.4 Å². The third-order valence-corrected chi connectivity index (χ3v) is 6.11. The number of benzene rings is 2. The number of hydrogen-bond donors (Lipinski definition) is 2. The number of urea groups is 1. The number of carbonyl (C=O) groups is 4. The molecule has 1 fully saturated rings. The van der Waals surface area contributed by atoms with E-state index < -0.39 is 42.3 Å². The van der Waals surface area contributed by atoms with Gasteiger partial charge in [0.25, 0.3) is 5.91 Å². The third kappa shape index (κ3) is 6.06. The summed E-state index contributed by atoms with van der Waals surface area (Å²) in [6, 6.07) is 11.3. The van der Waals surface area contributed by atoms with Gasteiger partial charge in [0, 0.05) is 17.0 Å². The maximum atomic E-state index is 15.2. The van der Waals surface area contributed by atoms with Crippen molar-refractivity contribution in [2.45, 2.75) is 45.4 Å². The molecule has 0 spiro atoms. The number of anilines is 1. The van der Waals surface area contributed by atoms with Crippen molar-refractivity contribution in [1.29, 1.82) is 0 Å². The van der Waals surface area contributed by atoms with Crippen molar-refractivity contribution in [3.8, 4) is 0 Å². The van der Waals surface area contributed by atoms with E-state index >= 15 is 4.48 Å². The first kappa shape index (κ1) is 27.7. The first-order valence-corrected chi connectivity index (χ1v) is 12.5. The molecule has 2 aromatic carbocycles. The van der Waals surface area contributed by atoms with Crippen molar-refractivity contribution >= 4 is 52.4 Å². The van der Waals surface area contributed by atoms with Gasteiger partial charge < -0.3 is 15.8 Å². The minimum atomic E-state index is -1.30. The number of rotatable bonds is 4. The van der Waals surface area contributed by atoms with Crippen LogP contribution in [0.3, 0.4) is 0 Å². The van der Waals surface area contributed by atoms with E-state index in [1.807, 2.05) is 0 Å². The van der Waals surface area contributed by atoms with E-state index in [2.05, 4.69) is 5.32 Å². The van der Waals surface area contributed by atoms with Gasteiger partial charge in [-0.15, -0.1) is 0 Å². The number of fused-ring (bicyclic) bond motifs is 1. The Morgan fingerprint density at radius 3 is 2.51 bits per heavy atom. The second kappa shape index (κ2) is 10.8. The monoisotopic (exact) mass is 558 g/mol. The van der Waals surface area contributed by atoms with Crippen molar-refractivity contribution in [2.75, 3.05) is 11.9 Å². The topological polar surface area (TPSA) is 130 Å². The summed E-state index contributed by atoms with van der Waals surface area (Å²) in [6.07, 6.45) is -0.938. The summed E-state index contributed by atoms with van der Waals surface area (Å²) in [7, 11) is 0. The van der Waals surface area contributed by atoms with E-state index in [4.69, 9.17) is 22.1 Å². The molecule has 5 amide bonds. The van der Waals surface area contributed by atoms with Crippen LogP contribution in [0.2, 0.25) is 5.02 Å². The number of carbonyl (C=O) groups excluding carboxylic acids is 4. The number of amides is 5. The minimum absolute atomic E-state index is 0.0153.